The molecule has 0 unspecified atom stereocenters. The minimum Gasteiger partial charge on any atom is -0.494 e. The van der Waals surface area contributed by atoms with E-state index in [1.54, 1.807) is 0 Å². The normalized spacial score (nSPS) is 11.5. The van der Waals surface area contributed by atoms with Crippen molar-refractivity contribution in [1.29, 1.82) is 0 Å². The van der Waals surface area contributed by atoms with Crippen molar-refractivity contribution < 1.29 is 13.9 Å². The zero-order valence-electron chi connectivity index (χ0n) is 13.0. The number of hydrogen-bond acceptors (Lipinski definition) is 3. The number of ether oxygens (including phenoxy) is 1. The Morgan fingerprint density at radius 2 is 2.04 bits per heavy atom. The quantitative estimate of drug-likeness (QED) is 0.728. The van der Waals surface area contributed by atoms with Crippen LogP contribution in [0.3, 0.4) is 0 Å². The second-order valence-corrected chi connectivity index (χ2v) is 5.94. The SMILES string of the molecule is COc1ccc(C(=O)N=c2sccn2Cc2ccccc2)cc1F. The molecule has 4 nitrogen and oxygen atoms in total. The van der Waals surface area contributed by atoms with E-state index in [1.807, 2.05) is 46.5 Å². The van der Waals surface area contributed by atoms with Crippen molar-refractivity contribution in [3.8, 4) is 5.75 Å². The van der Waals surface area contributed by atoms with Crippen LogP contribution in [-0.4, -0.2) is 17.6 Å². The molecule has 0 atom stereocenters. The summed E-state index contributed by atoms with van der Waals surface area (Å²) in [6, 6.07) is 14.0. The molecule has 0 bridgehead atoms. The van der Waals surface area contributed by atoms with Gasteiger partial charge in [0, 0.05) is 23.7 Å². The number of amides is 1. The van der Waals surface area contributed by atoms with Gasteiger partial charge in [0.05, 0.1) is 7.11 Å². The van der Waals surface area contributed by atoms with Crippen molar-refractivity contribution in [3.63, 3.8) is 0 Å². The van der Waals surface area contributed by atoms with Crippen LogP contribution in [0.25, 0.3) is 0 Å². The maximum Gasteiger partial charge on any atom is 0.279 e. The van der Waals surface area contributed by atoms with Crippen molar-refractivity contribution in [2.45, 2.75) is 6.54 Å². The fourth-order valence-electron chi connectivity index (χ4n) is 2.24. The highest BCUT2D eigenvalue weighted by atomic mass is 32.1. The molecule has 0 aliphatic heterocycles. The third-order valence-corrected chi connectivity index (χ3v) is 4.25. The number of carbonyl (C=O) groups excluding carboxylic acids is 1. The zero-order valence-corrected chi connectivity index (χ0v) is 13.8. The van der Waals surface area contributed by atoms with Crippen LogP contribution in [0, 0.1) is 5.82 Å². The van der Waals surface area contributed by atoms with Crippen LogP contribution in [0.5, 0.6) is 5.75 Å². The molecule has 0 aliphatic carbocycles. The number of halogens is 1. The smallest absolute Gasteiger partial charge is 0.279 e. The summed E-state index contributed by atoms with van der Waals surface area (Å²) in [7, 11) is 1.38. The van der Waals surface area contributed by atoms with Crippen molar-refractivity contribution in [1.82, 2.24) is 4.57 Å². The van der Waals surface area contributed by atoms with Gasteiger partial charge in [-0.05, 0) is 23.8 Å². The number of methoxy groups -OCH3 is 1. The van der Waals surface area contributed by atoms with Gasteiger partial charge in [-0.2, -0.15) is 4.99 Å². The predicted molar refractivity (Wildman–Crippen MR) is 90.7 cm³/mol. The van der Waals surface area contributed by atoms with Crippen molar-refractivity contribution in [2.24, 2.45) is 4.99 Å². The molecule has 0 saturated carbocycles. The Bertz CT molecular complexity index is 916. The molecule has 3 rings (SSSR count). The topological polar surface area (TPSA) is 43.6 Å². The molecule has 2 aromatic carbocycles. The fraction of sp³-hybridized carbons (Fsp3) is 0.111. The number of benzene rings is 2. The average molecular weight is 342 g/mol. The lowest BCUT2D eigenvalue weighted by atomic mass is 10.2. The Hall–Kier alpha value is -2.73. The average Bonchev–Trinajstić information content (AvgIpc) is 3.02. The first-order valence-electron chi connectivity index (χ1n) is 7.28. The maximum atomic E-state index is 13.7. The molecule has 0 spiro atoms. The van der Waals surface area contributed by atoms with Crippen LogP contribution in [0.1, 0.15) is 15.9 Å². The van der Waals surface area contributed by atoms with Crippen LogP contribution in [0.4, 0.5) is 4.39 Å². The van der Waals surface area contributed by atoms with Gasteiger partial charge in [-0.25, -0.2) is 4.39 Å². The molecule has 6 heteroatoms. The van der Waals surface area contributed by atoms with Gasteiger partial charge in [-0.1, -0.05) is 30.3 Å². The lowest BCUT2D eigenvalue weighted by Crippen LogP contribution is -2.17. The van der Waals surface area contributed by atoms with Gasteiger partial charge >= 0.3 is 0 Å². The summed E-state index contributed by atoms with van der Waals surface area (Å²) >= 11 is 1.36. The molecular formula is C18H15FN2O2S. The summed E-state index contributed by atoms with van der Waals surface area (Å²) in [5.41, 5.74) is 1.30. The highest BCUT2D eigenvalue weighted by molar-refractivity contribution is 7.07. The lowest BCUT2D eigenvalue weighted by Gasteiger charge is -2.04. The number of nitrogens with zero attached hydrogens (tertiary/aromatic N) is 2. The fourth-order valence-corrected chi connectivity index (χ4v) is 2.96. The van der Waals surface area contributed by atoms with E-state index < -0.39 is 11.7 Å². The summed E-state index contributed by atoms with van der Waals surface area (Å²) in [5, 5.41) is 1.86. The molecule has 1 aromatic heterocycles. The molecule has 0 fully saturated rings. The van der Waals surface area contributed by atoms with E-state index in [2.05, 4.69) is 4.99 Å². The Morgan fingerprint density at radius 1 is 1.25 bits per heavy atom. The van der Waals surface area contributed by atoms with Gasteiger partial charge < -0.3 is 9.30 Å². The minimum atomic E-state index is -0.582. The van der Waals surface area contributed by atoms with E-state index in [4.69, 9.17) is 4.74 Å². The number of aromatic nitrogens is 1. The first-order valence-corrected chi connectivity index (χ1v) is 8.16. The third kappa shape index (κ3) is 3.60. The Kier molecular flexibility index (Phi) is 4.86. The monoisotopic (exact) mass is 342 g/mol. The molecule has 24 heavy (non-hydrogen) atoms. The van der Waals surface area contributed by atoms with E-state index >= 15 is 0 Å². The summed E-state index contributed by atoms with van der Waals surface area (Å²) in [6.07, 6.45) is 1.87. The molecule has 1 amide bonds. The summed E-state index contributed by atoms with van der Waals surface area (Å²) in [5.74, 6) is -0.968. The number of rotatable bonds is 4. The largest absolute Gasteiger partial charge is 0.494 e. The summed E-state index contributed by atoms with van der Waals surface area (Å²) < 4.78 is 20.5. The van der Waals surface area contributed by atoms with Gasteiger partial charge in [-0.3, -0.25) is 4.79 Å². The molecule has 0 aliphatic rings. The molecule has 0 N–H and O–H groups in total. The van der Waals surface area contributed by atoms with Crippen LogP contribution in [0.15, 0.2) is 65.1 Å². The van der Waals surface area contributed by atoms with Gasteiger partial charge in [-0.15, -0.1) is 11.3 Å². The van der Waals surface area contributed by atoms with Crippen molar-refractivity contribution in [3.05, 3.63) is 81.9 Å². The van der Waals surface area contributed by atoms with E-state index in [0.29, 0.717) is 11.3 Å². The highest BCUT2D eigenvalue weighted by Gasteiger charge is 2.10. The predicted octanol–water partition coefficient (Wildman–Crippen LogP) is 3.49. The third-order valence-electron chi connectivity index (χ3n) is 3.45. The van der Waals surface area contributed by atoms with Gasteiger partial charge in [0.2, 0.25) is 0 Å². The summed E-state index contributed by atoms with van der Waals surface area (Å²) in [4.78, 5) is 17.0. The highest BCUT2D eigenvalue weighted by Crippen LogP contribution is 2.18. The first-order chi connectivity index (χ1) is 11.7. The van der Waals surface area contributed by atoms with Gasteiger partial charge in [0.25, 0.3) is 5.91 Å². The maximum absolute atomic E-state index is 13.7. The standard InChI is InChI=1S/C18H15FN2O2S/c1-23-16-8-7-14(11-15(16)19)17(22)20-18-21(9-10-24-18)12-13-5-3-2-4-6-13/h2-11H,12H2,1H3. The molecule has 1 heterocycles. The van der Waals surface area contributed by atoms with Crippen LogP contribution in [-0.2, 0) is 6.54 Å². The summed E-state index contributed by atoms with van der Waals surface area (Å²) in [6.45, 7) is 0.618. The van der Waals surface area contributed by atoms with Crippen molar-refractivity contribution in [2.75, 3.05) is 7.11 Å². The van der Waals surface area contributed by atoms with Crippen molar-refractivity contribution >= 4 is 17.2 Å². The van der Waals surface area contributed by atoms with Crippen LogP contribution in [0.2, 0.25) is 0 Å². The molecule has 3 aromatic rings. The molecule has 122 valence electrons. The lowest BCUT2D eigenvalue weighted by molar-refractivity contribution is 0.0997. The van der Waals surface area contributed by atoms with Gasteiger partial charge in [0.1, 0.15) is 0 Å². The van der Waals surface area contributed by atoms with E-state index in [-0.39, 0.29) is 11.3 Å². The Morgan fingerprint density at radius 3 is 2.75 bits per heavy atom. The van der Waals surface area contributed by atoms with Crippen LogP contribution < -0.4 is 9.54 Å². The molecule has 0 radical (unpaired) electrons. The van der Waals surface area contributed by atoms with E-state index in [0.717, 1.165) is 11.6 Å². The molecule has 0 saturated heterocycles. The Balaban J connectivity index is 1.88. The Labute approximate surface area is 142 Å². The second-order valence-electron chi connectivity index (χ2n) is 5.07. The van der Waals surface area contributed by atoms with Gasteiger partial charge in [0.15, 0.2) is 16.4 Å². The van der Waals surface area contributed by atoms with Crippen LogP contribution >= 0.6 is 11.3 Å². The first kappa shape index (κ1) is 16.1. The zero-order chi connectivity index (χ0) is 16.9. The minimum absolute atomic E-state index is 0.0989. The number of thiazole rings is 1. The number of carbonyl (C=O) groups is 1. The van der Waals surface area contributed by atoms with E-state index in [9.17, 15) is 9.18 Å². The second kappa shape index (κ2) is 7.23. The number of hydrogen-bond donors (Lipinski definition) is 0. The van der Waals surface area contributed by atoms with E-state index in [1.165, 1.54) is 30.6 Å². The molecular weight excluding hydrogens is 327 g/mol.